The van der Waals surface area contributed by atoms with Crippen molar-refractivity contribution in [2.75, 3.05) is 19.6 Å². The zero-order valence-corrected chi connectivity index (χ0v) is 7.75. The van der Waals surface area contributed by atoms with E-state index in [9.17, 15) is 9.59 Å². The predicted octanol–water partition coefficient (Wildman–Crippen LogP) is -1.32. The highest BCUT2D eigenvalue weighted by molar-refractivity contribution is 5.79. The van der Waals surface area contributed by atoms with Crippen molar-refractivity contribution in [2.45, 2.75) is 19.4 Å². The molecule has 74 valence electrons. The Morgan fingerprint density at radius 1 is 1.77 bits per heavy atom. The third kappa shape index (κ3) is 3.02. The van der Waals surface area contributed by atoms with Crippen LogP contribution in [0.15, 0.2) is 0 Å². The van der Waals surface area contributed by atoms with Crippen LogP contribution in [-0.2, 0) is 9.59 Å². The number of amides is 2. The maximum absolute atomic E-state index is 11.2. The molecule has 1 unspecified atom stereocenters. The molecule has 2 amide bonds. The van der Waals surface area contributed by atoms with Crippen LogP contribution in [0.25, 0.3) is 0 Å². The number of carbonyl (C=O) groups excluding carboxylic acids is 2. The van der Waals surface area contributed by atoms with Gasteiger partial charge in [0.1, 0.15) is 0 Å². The van der Waals surface area contributed by atoms with Crippen LogP contribution < -0.4 is 11.1 Å². The second-order valence-electron chi connectivity index (χ2n) is 3.29. The van der Waals surface area contributed by atoms with E-state index in [0.717, 1.165) is 0 Å². The summed E-state index contributed by atoms with van der Waals surface area (Å²) >= 11 is 0. The van der Waals surface area contributed by atoms with E-state index in [-0.39, 0.29) is 17.9 Å². The van der Waals surface area contributed by atoms with Gasteiger partial charge in [-0.2, -0.15) is 0 Å². The summed E-state index contributed by atoms with van der Waals surface area (Å²) in [4.78, 5) is 23.4. The quantitative estimate of drug-likeness (QED) is 0.572. The van der Waals surface area contributed by atoms with Gasteiger partial charge < -0.3 is 16.0 Å². The standard InChI is InChI=1S/C8H15N3O2/c1-6(12)10-2-3-11-5-7(9)4-8(11)13/h7H,2-5,9H2,1H3,(H,10,12). The summed E-state index contributed by atoms with van der Waals surface area (Å²) in [7, 11) is 0. The Hall–Kier alpha value is -1.10. The molecule has 1 aliphatic heterocycles. The lowest BCUT2D eigenvalue weighted by Crippen LogP contribution is -2.35. The number of carbonyl (C=O) groups is 2. The molecule has 5 heteroatoms. The molecule has 1 heterocycles. The smallest absolute Gasteiger partial charge is 0.224 e. The van der Waals surface area contributed by atoms with Crippen LogP contribution in [0.3, 0.4) is 0 Å². The van der Waals surface area contributed by atoms with Gasteiger partial charge in [-0.3, -0.25) is 9.59 Å². The molecule has 0 aromatic heterocycles. The number of hydrogen-bond acceptors (Lipinski definition) is 3. The average molecular weight is 185 g/mol. The van der Waals surface area contributed by atoms with E-state index in [2.05, 4.69) is 5.32 Å². The van der Waals surface area contributed by atoms with Gasteiger partial charge in [-0.1, -0.05) is 0 Å². The molecule has 0 bridgehead atoms. The third-order valence-corrected chi connectivity index (χ3v) is 2.00. The molecular formula is C8H15N3O2. The number of nitrogens with one attached hydrogen (secondary N) is 1. The van der Waals surface area contributed by atoms with Crippen LogP contribution in [0.4, 0.5) is 0 Å². The van der Waals surface area contributed by atoms with Crippen molar-refractivity contribution in [1.29, 1.82) is 0 Å². The highest BCUT2D eigenvalue weighted by atomic mass is 16.2. The van der Waals surface area contributed by atoms with Gasteiger partial charge in [-0.25, -0.2) is 0 Å². The first-order valence-corrected chi connectivity index (χ1v) is 4.37. The maximum atomic E-state index is 11.2. The number of nitrogens with zero attached hydrogens (tertiary/aromatic N) is 1. The van der Waals surface area contributed by atoms with Crippen LogP contribution in [0.1, 0.15) is 13.3 Å². The molecule has 0 aromatic carbocycles. The summed E-state index contributed by atoms with van der Waals surface area (Å²) in [5.41, 5.74) is 5.60. The van der Waals surface area contributed by atoms with Gasteiger partial charge in [0, 0.05) is 39.0 Å². The molecule has 1 atom stereocenters. The van der Waals surface area contributed by atoms with Crippen molar-refractivity contribution in [3.05, 3.63) is 0 Å². The van der Waals surface area contributed by atoms with E-state index in [4.69, 9.17) is 5.73 Å². The van der Waals surface area contributed by atoms with Crippen molar-refractivity contribution in [3.8, 4) is 0 Å². The van der Waals surface area contributed by atoms with E-state index in [1.165, 1.54) is 6.92 Å². The van der Waals surface area contributed by atoms with E-state index in [1.807, 2.05) is 0 Å². The largest absolute Gasteiger partial charge is 0.355 e. The van der Waals surface area contributed by atoms with Crippen LogP contribution in [0.5, 0.6) is 0 Å². The SMILES string of the molecule is CC(=O)NCCN1CC(N)CC1=O. The fourth-order valence-corrected chi connectivity index (χ4v) is 1.39. The van der Waals surface area contributed by atoms with Crippen molar-refractivity contribution in [3.63, 3.8) is 0 Å². The van der Waals surface area contributed by atoms with Crippen molar-refractivity contribution < 1.29 is 9.59 Å². The first kappa shape index (κ1) is 9.98. The first-order chi connectivity index (χ1) is 6.09. The molecule has 1 rings (SSSR count). The second kappa shape index (κ2) is 4.23. The van der Waals surface area contributed by atoms with Gasteiger partial charge >= 0.3 is 0 Å². The average Bonchev–Trinajstić information content (AvgIpc) is 2.29. The highest BCUT2D eigenvalue weighted by Crippen LogP contribution is 2.07. The molecule has 13 heavy (non-hydrogen) atoms. The Labute approximate surface area is 77.3 Å². The minimum Gasteiger partial charge on any atom is -0.355 e. The molecule has 1 saturated heterocycles. The van der Waals surface area contributed by atoms with Crippen molar-refractivity contribution in [2.24, 2.45) is 5.73 Å². The van der Waals surface area contributed by atoms with E-state index >= 15 is 0 Å². The Bertz CT molecular complexity index is 217. The topological polar surface area (TPSA) is 75.4 Å². The summed E-state index contributed by atoms with van der Waals surface area (Å²) in [6.45, 7) is 3.13. The molecule has 5 nitrogen and oxygen atoms in total. The van der Waals surface area contributed by atoms with E-state index in [0.29, 0.717) is 26.1 Å². The Morgan fingerprint density at radius 2 is 2.46 bits per heavy atom. The lowest BCUT2D eigenvalue weighted by Gasteiger charge is -2.15. The normalized spacial score (nSPS) is 22.2. The lowest BCUT2D eigenvalue weighted by molar-refractivity contribution is -0.128. The van der Waals surface area contributed by atoms with Crippen LogP contribution in [-0.4, -0.2) is 42.4 Å². The minimum atomic E-state index is -0.0732. The molecule has 0 radical (unpaired) electrons. The van der Waals surface area contributed by atoms with Gasteiger partial charge in [0.25, 0.3) is 0 Å². The van der Waals surface area contributed by atoms with Crippen molar-refractivity contribution in [1.82, 2.24) is 10.2 Å². The fourth-order valence-electron chi connectivity index (χ4n) is 1.39. The molecule has 0 aromatic rings. The Morgan fingerprint density at radius 3 is 2.92 bits per heavy atom. The third-order valence-electron chi connectivity index (χ3n) is 2.00. The second-order valence-corrected chi connectivity index (χ2v) is 3.29. The van der Waals surface area contributed by atoms with Gasteiger partial charge in [0.05, 0.1) is 0 Å². The lowest BCUT2D eigenvalue weighted by atomic mass is 10.3. The summed E-state index contributed by atoms with van der Waals surface area (Å²) < 4.78 is 0. The highest BCUT2D eigenvalue weighted by Gasteiger charge is 2.25. The van der Waals surface area contributed by atoms with Crippen molar-refractivity contribution >= 4 is 11.8 Å². The Balaban J connectivity index is 2.22. The van der Waals surface area contributed by atoms with Crippen LogP contribution in [0, 0.1) is 0 Å². The van der Waals surface area contributed by atoms with Crippen LogP contribution in [0.2, 0.25) is 0 Å². The monoisotopic (exact) mass is 185 g/mol. The van der Waals surface area contributed by atoms with Gasteiger partial charge in [-0.05, 0) is 0 Å². The van der Waals surface area contributed by atoms with Gasteiger partial charge in [-0.15, -0.1) is 0 Å². The van der Waals surface area contributed by atoms with Gasteiger partial charge in [0.2, 0.25) is 11.8 Å². The molecule has 0 spiro atoms. The molecule has 1 aliphatic rings. The first-order valence-electron chi connectivity index (χ1n) is 4.37. The summed E-state index contributed by atoms with van der Waals surface area (Å²) in [6.07, 6.45) is 0.431. The molecule has 0 saturated carbocycles. The van der Waals surface area contributed by atoms with Gasteiger partial charge in [0.15, 0.2) is 0 Å². The maximum Gasteiger partial charge on any atom is 0.224 e. The zero-order chi connectivity index (χ0) is 9.84. The van der Waals surface area contributed by atoms with E-state index in [1.54, 1.807) is 4.90 Å². The summed E-state index contributed by atoms with van der Waals surface area (Å²) in [5, 5.41) is 2.63. The number of rotatable bonds is 3. The number of nitrogens with two attached hydrogens (primary N) is 1. The minimum absolute atomic E-state index is 0.0372. The molecule has 0 aliphatic carbocycles. The zero-order valence-electron chi connectivity index (χ0n) is 7.75. The summed E-state index contributed by atoms with van der Waals surface area (Å²) in [6, 6.07) is -0.0372. The fraction of sp³-hybridized carbons (Fsp3) is 0.750. The molecule has 3 N–H and O–H groups in total. The Kier molecular flexibility index (Phi) is 3.25. The van der Waals surface area contributed by atoms with Crippen LogP contribution >= 0.6 is 0 Å². The number of likely N-dealkylation sites (tertiary alicyclic amines) is 1. The molecular weight excluding hydrogens is 170 g/mol. The van der Waals surface area contributed by atoms with E-state index < -0.39 is 0 Å². The molecule has 1 fully saturated rings. The summed E-state index contributed by atoms with van der Waals surface area (Å²) in [5.74, 6) is 0.00814. The predicted molar refractivity (Wildman–Crippen MR) is 47.9 cm³/mol. The number of hydrogen-bond donors (Lipinski definition) is 2.